The second-order valence-corrected chi connectivity index (χ2v) is 12.9. The summed E-state index contributed by atoms with van der Waals surface area (Å²) in [7, 11) is 0. The van der Waals surface area contributed by atoms with Crippen molar-refractivity contribution in [3.63, 3.8) is 0 Å². The minimum atomic E-state index is 0.836. The summed E-state index contributed by atoms with van der Waals surface area (Å²) in [5.74, 6) is 0. The van der Waals surface area contributed by atoms with Gasteiger partial charge in [0.25, 0.3) is 0 Å². The number of nitrogen functional groups attached to an aromatic ring is 2. The van der Waals surface area contributed by atoms with Gasteiger partial charge in [-0.25, -0.2) is 0 Å². The molecular formula is C42H56N2. The highest BCUT2D eigenvalue weighted by Gasteiger charge is 2.08. The van der Waals surface area contributed by atoms with Crippen LogP contribution in [-0.4, -0.2) is 0 Å². The van der Waals surface area contributed by atoms with Crippen molar-refractivity contribution in [1.82, 2.24) is 0 Å². The largest absolute Gasteiger partial charge is 0.399 e. The van der Waals surface area contributed by atoms with E-state index in [4.69, 9.17) is 11.5 Å². The minimum Gasteiger partial charge on any atom is -0.399 e. The molecule has 234 valence electrons. The van der Waals surface area contributed by atoms with Crippen molar-refractivity contribution in [2.75, 3.05) is 11.5 Å². The Kier molecular flexibility index (Phi) is 13.9. The van der Waals surface area contributed by atoms with Crippen LogP contribution in [0.1, 0.15) is 123 Å². The minimum absolute atomic E-state index is 0.836. The maximum absolute atomic E-state index is 5.89. The number of nitrogens with two attached hydrogens (primary N) is 2. The number of benzene rings is 4. The molecule has 0 heterocycles. The normalized spacial score (nSPS) is 11.2. The second kappa shape index (κ2) is 18.3. The summed E-state index contributed by atoms with van der Waals surface area (Å²) in [5.41, 5.74) is 25.2. The van der Waals surface area contributed by atoms with Gasteiger partial charge in [0.15, 0.2) is 0 Å². The Labute approximate surface area is 268 Å². The van der Waals surface area contributed by atoms with Crippen molar-refractivity contribution >= 4 is 11.4 Å². The molecule has 4 rings (SSSR count). The van der Waals surface area contributed by atoms with Crippen molar-refractivity contribution in [2.45, 2.75) is 117 Å². The van der Waals surface area contributed by atoms with Gasteiger partial charge in [0.2, 0.25) is 0 Å². The summed E-state index contributed by atoms with van der Waals surface area (Å²) in [6.45, 7) is 4.57. The Morgan fingerprint density at radius 1 is 0.364 bits per heavy atom. The van der Waals surface area contributed by atoms with Crippen molar-refractivity contribution in [1.29, 1.82) is 0 Å². The lowest BCUT2D eigenvalue weighted by Crippen LogP contribution is -1.99. The first-order valence-electron chi connectivity index (χ1n) is 17.4. The van der Waals surface area contributed by atoms with Gasteiger partial charge in [-0.1, -0.05) is 113 Å². The van der Waals surface area contributed by atoms with E-state index in [2.05, 4.69) is 74.5 Å². The number of hydrogen-bond donors (Lipinski definition) is 2. The Hall–Kier alpha value is -3.52. The van der Waals surface area contributed by atoms with Crippen LogP contribution in [0.5, 0.6) is 0 Å². The average Bonchev–Trinajstić information content (AvgIpc) is 3.04. The molecule has 4 aromatic carbocycles. The Morgan fingerprint density at radius 2 is 0.727 bits per heavy atom. The van der Waals surface area contributed by atoms with Gasteiger partial charge in [-0.3, -0.25) is 0 Å². The van der Waals surface area contributed by atoms with Gasteiger partial charge in [0.05, 0.1) is 0 Å². The van der Waals surface area contributed by atoms with Gasteiger partial charge in [-0.2, -0.15) is 0 Å². The number of unbranched alkanes of at least 4 members (excludes halogenated alkanes) is 7. The number of hydrogen-bond acceptors (Lipinski definition) is 2. The van der Waals surface area contributed by atoms with Crippen molar-refractivity contribution in [3.05, 3.63) is 129 Å². The zero-order chi connectivity index (χ0) is 31.0. The highest BCUT2D eigenvalue weighted by molar-refractivity contribution is 5.43. The van der Waals surface area contributed by atoms with Crippen LogP contribution in [0, 0.1) is 0 Å². The maximum Gasteiger partial charge on any atom is 0.0314 e. The predicted molar refractivity (Wildman–Crippen MR) is 193 cm³/mol. The van der Waals surface area contributed by atoms with Gasteiger partial charge in [-0.05, 0) is 133 Å². The van der Waals surface area contributed by atoms with Crippen LogP contribution in [-0.2, 0) is 38.5 Å². The molecule has 0 amide bonds. The molecule has 0 fully saturated rings. The lowest BCUT2D eigenvalue weighted by molar-refractivity contribution is 0.593. The summed E-state index contributed by atoms with van der Waals surface area (Å²) >= 11 is 0. The van der Waals surface area contributed by atoms with Crippen molar-refractivity contribution in [2.24, 2.45) is 0 Å². The molecule has 0 aliphatic heterocycles. The van der Waals surface area contributed by atoms with Crippen LogP contribution in [0.25, 0.3) is 0 Å². The van der Waals surface area contributed by atoms with Gasteiger partial charge in [0.1, 0.15) is 0 Å². The lowest BCUT2D eigenvalue weighted by atomic mass is 9.92. The van der Waals surface area contributed by atoms with E-state index in [0.29, 0.717) is 0 Å². The monoisotopic (exact) mass is 588 g/mol. The topological polar surface area (TPSA) is 52.0 Å². The fraction of sp³-hybridized carbons (Fsp3) is 0.429. The summed E-state index contributed by atoms with van der Waals surface area (Å²) in [4.78, 5) is 0. The number of aryl methyl sites for hydroxylation is 4. The first kappa shape index (κ1) is 33.4. The molecule has 44 heavy (non-hydrogen) atoms. The third kappa shape index (κ3) is 11.2. The van der Waals surface area contributed by atoms with Crippen LogP contribution >= 0.6 is 0 Å². The molecule has 4 aromatic rings. The Morgan fingerprint density at radius 3 is 1.11 bits per heavy atom. The quantitative estimate of drug-likeness (QED) is 0.0845. The zero-order valence-electron chi connectivity index (χ0n) is 27.6. The fourth-order valence-electron chi connectivity index (χ4n) is 6.29. The van der Waals surface area contributed by atoms with Crippen molar-refractivity contribution in [3.8, 4) is 0 Å². The predicted octanol–water partition coefficient (Wildman–Crippen LogP) is 10.8. The van der Waals surface area contributed by atoms with E-state index in [1.54, 1.807) is 0 Å². The molecule has 2 nitrogen and oxygen atoms in total. The molecule has 0 unspecified atom stereocenters. The molecule has 0 radical (unpaired) electrons. The van der Waals surface area contributed by atoms with Crippen LogP contribution in [0.3, 0.4) is 0 Å². The van der Waals surface area contributed by atoms with E-state index in [1.807, 2.05) is 24.3 Å². The number of rotatable bonds is 19. The van der Waals surface area contributed by atoms with E-state index in [-0.39, 0.29) is 0 Å². The molecule has 0 bridgehead atoms. The summed E-state index contributed by atoms with van der Waals surface area (Å²) in [6.07, 6.45) is 19.7. The molecule has 4 N–H and O–H groups in total. The smallest absolute Gasteiger partial charge is 0.0314 e. The highest BCUT2D eigenvalue weighted by Crippen LogP contribution is 2.23. The molecule has 0 aliphatic rings. The van der Waals surface area contributed by atoms with E-state index in [9.17, 15) is 0 Å². The molecular weight excluding hydrogens is 532 g/mol. The van der Waals surface area contributed by atoms with Gasteiger partial charge >= 0.3 is 0 Å². The fourth-order valence-corrected chi connectivity index (χ4v) is 6.29. The summed E-state index contributed by atoms with van der Waals surface area (Å²) in [5, 5.41) is 0. The van der Waals surface area contributed by atoms with Gasteiger partial charge in [-0.15, -0.1) is 0 Å². The molecule has 2 heteroatoms. The lowest BCUT2D eigenvalue weighted by Gasteiger charge is -2.13. The third-order valence-corrected chi connectivity index (χ3v) is 9.07. The SMILES string of the molecule is CCCCc1cc(CCCCCCCCc2ccc(Cc3ccc(N)cc3)c(CCCC)c2)ccc1Cc1ccc(N)cc1. The van der Waals surface area contributed by atoms with Crippen molar-refractivity contribution < 1.29 is 0 Å². The highest BCUT2D eigenvalue weighted by atomic mass is 14.5. The first-order chi connectivity index (χ1) is 21.5. The first-order valence-corrected chi connectivity index (χ1v) is 17.4. The Bertz CT molecular complexity index is 1280. The molecule has 0 spiro atoms. The van der Waals surface area contributed by atoms with Crippen LogP contribution in [0.2, 0.25) is 0 Å². The standard InChI is InChI=1S/C42H56N2/c1-3-5-15-37-29-33(17-23-39(37)31-35-19-25-41(43)26-20-35)13-11-9-7-8-10-12-14-34-18-24-40(38(30-34)16-6-4-2)32-36-21-27-42(44)28-22-36/h17-30H,3-16,31-32,43-44H2,1-2H3. The summed E-state index contributed by atoms with van der Waals surface area (Å²) in [6, 6.07) is 31.2. The van der Waals surface area contributed by atoms with Crippen LogP contribution in [0.4, 0.5) is 11.4 Å². The average molecular weight is 589 g/mol. The van der Waals surface area contributed by atoms with E-state index in [1.165, 1.54) is 134 Å². The molecule has 0 saturated carbocycles. The third-order valence-electron chi connectivity index (χ3n) is 9.07. The van der Waals surface area contributed by atoms with E-state index in [0.717, 1.165) is 24.2 Å². The number of anilines is 2. The van der Waals surface area contributed by atoms with Gasteiger partial charge in [0, 0.05) is 11.4 Å². The van der Waals surface area contributed by atoms with E-state index >= 15 is 0 Å². The Balaban J connectivity index is 1.18. The zero-order valence-corrected chi connectivity index (χ0v) is 27.6. The molecule has 0 atom stereocenters. The molecule has 0 saturated heterocycles. The molecule has 0 aliphatic carbocycles. The second-order valence-electron chi connectivity index (χ2n) is 12.9. The van der Waals surface area contributed by atoms with Gasteiger partial charge < -0.3 is 11.5 Å². The maximum atomic E-state index is 5.89. The molecule has 0 aromatic heterocycles. The van der Waals surface area contributed by atoms with E-state index < -0.39 is 0 Å². The summed E-state index contributed by atoms with van der Waals surface area (Å²) < 4.78 is 0. The van der Waals surface area contributed by atoms with Crippen LogP contribution in [0.15, 0.2) is 84.9 Å². The van der Waals surface area contributed by atoms with Crippen LogP contribution < -0.4 is 11.5 Å².